The van der Waals surface area contributed by atoms with Crippen molar-refractivity contribution < 1.29 is 98.3 Å². The number of carbonyl (C=O) groups excluding carboxylic acids is 11. The van der Waals surface area contributed by atoms with Crippen LogP contribution in [0.5, 0.6) is 0 Å². The fourth-order valence-electron chi connectivity index (χ4n) is 8.85. The summed E-state index contributed by atoms with van der Waals surface area (Å²) in [4.78, 5) is 170. The Morgan fingerprint density at radius 3 is 1.77 bits per heavy atom. The third-order valence-corrected chi connectivity index (χ3v) is 13.0. The third-order valence-electron chi connectivity index (χ3n) is 13.0. The topological polar surface area (TPSA) is 546 Å². The van der Waals surface area contributed by atoms with E-state index in [2.05, 4.69) is 52.8 Å². The van der Waals surface area contributed by atoms with E-state index >= 15 is 0 Å². The highest BCUT2D eigenvalue weighted by Gasteiger charge is 2.43. The first-order valence-electron chi connectivity index (χ1n) is 26.0. The number of allylic oxidation sites excluding steroid dienone is 1. The Hall–Kier alpha value is -9.38. The lowest BCUT2D eigenvalue weighted by atomic mass is 9.90. The molecule has 3 heterocycles. The SMILES string of the molecule is NC(=O)CCC(NC(=O)C(CCC(N)=O)NC(=O)C(CCCN(O)C=O)NC(=O)C1CCN=C(C(CO)NC(=O)[C@@H]2CCNC3=C(NC(=O)CCC(=O)O)C=C4C=C(O)C(O)=CC4N32)N1)C(=O)NC(CCCN(O)C=O)C(=O)NCC(=O)O. The summed E-state index contributed by atoms with van der Waals surface area (Å²) in [7, 11) is 0. The lowest BCUT2D eigenvalue weighted by Gasteiger charge is -2.47. The Labute approximate surface area is 471 Å². The van der Waals surface area contributed by atoms with Crippen LogP contribution in [0.4, 0.5) is 0 Å². The Kier molecular flexibility index (Phi) is 25.6. The van der Waals surface area contributed by atoms with Crippen molar-refractivity contribution in [1.29, 1.82) is 0 Å². The summed E-state index contributed by atoms with van der Waals surface area (Å²) in [5, 5.41) is 92.5. The molecule has 0 aromatic rings. The van der Waals surface area contributed by atoms with Crippen LogP contribution in [-0.4, -0.2) is 222 Å². The number of carboxylic acid groups (broad SMARTS) is 2. The number of fused-ring (bicyclic) bond motifs is 3. The number of hydrogen-bond donors (Lipinski definition) is 18. The second kappa shape index (κ2) is 32.2. The lowest BCUT2D eigenvalue weighted by Crippen LogP contribution is -2.63. The predicted molar refractivity (Wildman–Crippen MR) is 279 cm³/mol. The van der Waals surface area contributed by atoms with Crippen molar-refractivity contribution in [2.75, 3.05) is 39.3 Å². The van der Waals surface area contributed by atoms with Crippen LogP contribution in [-0.2, 0) is 62.3 Å². The van der Waals surface area contributed by atoms with Crippen LogP contribution in [0, 0.1) is 0 Å². The first kappa shape index (κ1) is 66.1. The molecule has 1 aliphatic carbocycles. The summed E-state index contributed by atoms with van der Waals surface area (Å²) >= 11 is 0. The number of carbonyl (C=O) groups is 13. The van der Waals surface area contributed by atoms with Crippen LogP contribution in [0.15, 0.2) is 51.8 Å². The molecule has 0 radical (unpaired) electrons. The molecule has 11 amide bonds. The van der Waals surface area contributed by atoms with E-state index in [9.17, 15) is 88.1 Å². The van der Waals surface area contributed by atoms with Gasteiger partial charge in [-0.3, -0.25) is 77.7 Å². The molecular formula is C48H69N15O20. The Morgan fingerprint density at radius 1 is 0.699 bits per heavy atom. The highest BCUT2D eigenvalue weighted by molar-refractivity contribution is 5.99. The predicted octanol–water partition coefficient (Wildman–Crippen LogP) is -6.83. The standard InChI is InChI=1S/C48H69N15O20/c49-36(69)7-5-27(45(78)56-25(3-1-15-61(82)22-65)43(76)53-20-40(74)75)59-46(79)28(6-8-37(50)70)58-44(77)26(4-2-16-62(83)23-66)57-47(80)29-11-13-51-41(55-29)31(21-64)60-48(81)32-12-14-52-42-30(54-38(71)9-10-39(72)73)17-24-18-34(67)35(68)19-33(24)63(32)42/h17-19,22-23,25-29,31-33,52,64,67-68,82-83H,1-16,20-21H2,(H2,49,69)(H2,50,70)(H,51,55)(H,53,76)(H,54,71)(H,56,78)(H,57,80)(H,58,77)(H,59,79)(H,60,81)(H,72,73)(H,74,75)/t25?,26?,27?,28?,29?,31?,32-,33?/m0/s1. The molecule has 35 heteroatoms. The van der Waals surface area contributed by atoms with E-state index in [-0.39, 0.29) is 105 Å². The zero-order valence-electron chi connectivity index (χ0n) is 44.6. The highest BCUT2D eigenvalue weighted by Crippen LogP contribution is 2.35. The van der Waals surface area contributed by atoms with Crippen molar-refractivity contribution in [3.8, 4) is 0 Å². The molecule has 1 fully saturated rings. The van der Waals surface area contributed by atoms with Gasteiger partial charge in [0.05, 0.1) is 24.8 Å². The van der Waals surface area contributed by atoms with Gasteiger partial charge in [-0.1, -0.05) is 0 Å². The van der Waals surface area contributed by atoms with E-state index in [0.717, 1.165) is 0 Å². The largest absolute Gasteiger partial charge is 0.504 e. The van der Waals surface area contributed by atoms with E-state index in [0.29, 0.717) is 5.57 Å². The van der Waals surface area contributed by atoms with Crippen LogP contribution < -0.4 is 59.3 Å². The molecule has 0 aromatic carbocycles. The second-order valence-corrected chi connectivity index (χ2v) is 19.2. The van der Waals surface area contributed by atoms with Crippen molar-refractivity contribution >= 4 is 83.8 Å². The Bertz CT molecular complexity index is 2640. The first-order chi connectivity index (χ1) is 39.3. The maximum Gasteiger partial charge on any atom is 0.322 e. The van der Waals surface area contributed by atoms with Gasteiger partial charge in [-0.25, -0.2) is 10.1 Å². The quantitative estimate of drug-likeness (QED) is 0.0159. The highest BCUT2D eigenvalue weighted by atomic mass is 16.5. The minimum absolute atomic E-state index is 0.0331. The van der Waals surface area contributed by atoms with Gasteiger partial charge in [-0.05, 0) is 75.2 Å². The molecule has 4 rings (SSSR count). The van der Waals surface area contributed by atoms with Crippen molar-refractivity contribution in [2.45, 2.75) is 125 Å². The summed E-state index contributed by atoms with van der Waals surface area (Å²) in [6, 6.07) is -11.2. The molecule has 35 nitrogen and oxygen atoms in total. The number of hydroxylamine groups is 4. The fraction of sp³-hybridized carbons (Fsp3) is 0.542. The van der Waals surface area contributed by atoms with Gasteiger partial charge in [0.15, 0.2) is 11.5 Å². The zero-order valence-corrected chi connectivity index (χ0v) is 44.6. The monoisotopic (exact) mass is 1180 g/mol. The lowest BCUT2D eigenvalue weighted by molar-refractivity contribution is -0.150. The summed E-state index contributed by atoms with van der Waals surface area (Å²) in [5.41, 5.74) is 11.1. The first-order valence-corrected chi connectivity index (χ1v) is 26.0. The maximum atomic E-state index is 14.3. The summed E-state index contributed by atoms with van der Waals surface area (Å²) in [6.45, 7) is -2.29. The van der Waals surface area contributed by atoms with Gasteiger partial charge in [0.2, 0.25) is 66.0 Å². The van der Waals surface area contributed by atoms with E-state index in [4.69, 9.17) is 21.7 Å². The zero-order chi connectivity index (χ0) is 61.5. The smallest absolute Gasteiger partial charge is 0.322 e. The molecule has 1 saturated heterocycles. The van der Waals surface area contributed by atoms with Crippen LogP contribution in [0.1, 0.15) is 77.0 Å². The van der Waals surface area contributed by atoms with E-state index in [1.807, 2.05) is 0 Å². The van der Waals surface area contributed by atoms with E-state index in [1.54, 1.807) is 0 Å². The van der Waals surface area contributed by atoms with Gasteiger partial charge in [0.25, 0.3) is 0 Å². The molecule has 8 atom stereocenters. The molecule has 0 bridgehead atoms. The van der Waals surface area contributed by atoms with Gasteiger partial charge in [0, 0.05) is 45.4 Å². The van der Waals surface area contributed by atoms with Crippen LogP contribution in [0.3, 0.4) is 0 Å². The molecule has 20 N–H and O–H groups in total. The number of nitrogens with two attached hydrogens (primary N) is 2. The van der Waals surface area contributed by atoms with Crippen molar-refractivity contribution in [3.63, 3.8) is 0 Å². The third kappa shape index (κ3) is 20.6. The minimum atomic E-state index is -1.74. The average molecular weight is 1180 g/mol. The number of carboxylic acids is 2. The molecule has 0 aromatic heterocycles. The number of aliphatic hydroxyl groups excluding tert-OH is 3. The van der Waals surface area contributed by atoms with Gasteiger partial charge in [-0.15, -0.1) is 0 Å². The summed E-state index contributed by atoms with van der Waals surface area (Å²) < 4.78 is 0. The van der Waals surface area contributed by atoms with Crippen LogP contribution >= 0.6 is 0 Å². The van der Waals surface area contributed by atoms with Gasteiger partial charge < -0.3 is 89.8 Å². The number of aliphatic hydroxyl groups is 3. The molecule has 0 saturated carbocycles. The number of amides is 11. The number of nitrogens with one attached hydrogen (secondary N) is 9. The number of aliphatic imine (C=N–C) groups is 1. The van der Waals surface area contributed by atoms with Crippen molar-refractivity contribution in [2.24, 2.45) is 16.5 Å². The number of amidine groups is 1. The molecule has 83 heavy (non-hydrogen) atoms. The van der Waals surface area contributed by atoms with Gasteiger partial charge >= 0.3 is 11.9 Å². The summed E-state index contributed by atoms with van der Waals surface area (Å²) in [6.07, 6.45) is 0.219. The van der Waals surface area contributed by atoms with Gasteiger partial charge in [0.1, 0.15) is 60.5 Å². The van der Waals surface area contributed by atoms with Crippen molar-refractivity contribution in [3.05, 3.63) is 46.8 Å². The number of hydrogen-bond acceptors (Lipinski definition) is 22. The number of primary amides is 2. The Morgan fingerprint density at radius 2 is 1.25 bits per heavy atom. The van der Waals surface area contributed by atoms with Gasteiger partial charge in [-0.2, -0.15) is 0 Å². The summed E-state index contributed by atoms with van der Waals surface area (Å²) in [5.74, 6) is -12.2. The molecule has 456 valence electrons. The average Bonchev–Trinajstić information content (AvgIpc) is 2.26. The van der Waals surface area contributed by atoms with Crippen molar-refractivity contribution in [1.82, 2.24) is 62.9 Å². The molecule has 4 aliphatic rings. The Balaban J connectivity index is 1.54. The number of nitrogens with zero attached hydrogens (tertiary/aromatic N) is 4. The molecule has 0 spiro atoms. The van der Waals surface area contributed by atoms with Crippen LogP contribution in [0.25, 0.3) is 0 Å². The number of aliphatic carboxylic acids is 2. The molecule has 7 unspecified atom stereocenters. The van der Waals surface area contributed by atoms with E-state index in [1.165, 1.54) is 23.1 Å². The fourth-order valence-corrected chi connectivity index (χ4v) is 8.85. The maximum absolute atomic E-state index is 14.3. The molecule has 3 aliphatic heterocycles. The second-order valence-electron chi connectivity index (χ2n) is 19.2. The normalized spacial score (nSPS) is 18.8. The van der Waals surface area contributed by atoms with E-state index < -0.39 is 177 Å². The van der Waals surface area contributed by atoms with Crippen LogP contribution in [0.2, 0.25) is 0 Å². The molecular weight excluding hydrogens is 1110 g/mol. The minimum Gasteiger partial charge on any atom is -0.504 e. The number of rotatable bonds is 35.